The lowest BCUT2D eigenvalue weighted by molar-refractivity contribution is 0.0553. The topological polar surface area (TPSA) is 66.0 Å². The number of amides is 2. The molecule has 2 aliphatic heterocycles. The molecule has 0 N–H and O–H groups in total. The van der Waals surface area contributed by atoms with Crippen LogP contribution in [0.1, 0.15) is 48.9 Å². The number of rotatable bonds is 3. The summed E-state index contributed by atoms with van der Waals surface area (Å²) in [6.07, 6.45) is 8.20. The molecule has 0 unspecified atom stereocenters. The van der Waals surface area contributed by atoms with Crippen LogP contribution >= 0.6 is 0 Å². The lowest BCUT2D eigenvalue weighted by Gasteiger charge is -2.33. The van der Waals surface area contributed by atoms with Crippen molar-refractivity contribution >= 4 is 17.8 Å². The second-order valence-electron chi connectivity index (χ2n) is 8.16. The Morgan fingerprint density at radius 1 is 1.30 bits per heavy atom. The van der Waals surface area contributed by atoms with Crippen molar-refractivity contribution in [2.24, 2.45) is 0 Å². The first-order valence-corrected chi connectivity index (χ1v) is 9.90. The van der Waals surface area contributed by atoms with Gasteiger partial charge in [-0.05, 0) is 25.0 Å². The molecule has 1 atom stereocenters. The maximum absolute atomic E-state index is 13.3. The van der Waals surface area contributed by atoms with Crippen molar-refractivity contribution in [1.29, 1.82) is 0 Å². The van der Waals surface area contributed by atoms with Crippen LogP contribution in [0.25, 0.3) is 0 Å². The van der Waals surface area contributed by atoms with Crippen LogP contribution in [0, 0.1) is 0 Å². The first-order chi connectivity index (χ1) is 13.0. The number of carbonyl (C=O) groups excluding carboxylic acids is 2. The van der Waals surface area contributed by atoms with Crippen LogP contribution in [0.3, 0.4) is 0 Å². The van der Waals surface area contributed by atoms with E-state index in [1.165, 1.54) is 19.3 Å². The van der Waals surface area contributed by atoms with Gasteiger partial charge in [0.1, 0.15) is 5.82 Å². The van der Waals surface area contributed by atoms with Gasteiger partial charge in [-0.1, -0.05) is 19.3 Å². The van der Waals surface area contributed by atoms with Crippen LogP contribution in [0.2, 0.25) is 0 Å². The summed E-state index contributed by atoms with van der Waals surface area (Å²) >= 11 is 0. The monoisotopic (exact) mass is 372 g/mol. The van der Waals surface area contributed by atoms with Crippen LogP contribution < -0.4 is 4.90 Å². The predicted octanol–water partition coefficient (Wildman–Crippen LogP) is 2.52. The highest BCUT2D eigenvalue weighted by Crippen LogP contribution is 2.34. The number of likely N-dealkylation sites (tertiary alicyclic amines) is 1. The standard InChI is InChI=1S/C20H28N4O3/c1-22-13-20(27-19(22)26)10-12-24(14-20)18(25)16-9-6-11-21-17(16)23(2)15-7-4-3-5-8-15/h6,9,11,15H,3-5,7-8,10,12-14H2,1-2H3/t20-/m0/s1. The van der Waals surface area contributed by atoms with Gasteiger partial charge in [0.15, 0.2) is 5.60 Å². The van der Waals surface area contributed by atoms with E-state index < -0.39 is 5.60 Å². The van der Waals surface area contributed by atoms with E-state index >= 15 is 0 Å². The Labute approximate surface area is 160 Å². The van der Waals surface area contributed by atoms with Gasteiger partial charge in [-0.15, -0.1) is 0 Å². The molecule has 1 aromatic rings. The van der Waals surface area contributed by atoms with Crippen molar-refractivity contribution in [2.75, 3.05) is 38.6 Å². The Hall–Kier alpha value is -2.31. The van der Waals surface area contributed by atoms with Gasteiger partial charge < -0.3 is 19.4 Å². The Morgan fingerprint density at radius 2 is 2.07 bits per heavy atom. The fourth-order valence-corrected chi connectivity index (χ4v) is 4.68. The molecule has 3 aliphatic rings. The summed E-state index contributed by atoms with van der Waals surface area (Å²) in [5.74, 6) is 0.735. The molecule has 1 aromatic heterocycles. The van der Waals surface area contributed by atoms with Crippen LogP contribution in [-0.4, -0.2) is 72.2 Å². The maximum Gasteiger partial charge on any atom is 0.410 e. The third-order valence-corrected chi connectivity index (χ3v) is 6.22. The number of anilines is 1. The van der Waals surface area contributed by atoms with Crippen LogP contribution in [0.5, 0.6) is 0 Å². The number of hydrogen-bond acceptors (Lipinski definition) is 5. The molecule has 1 aliphatic carbocycles. The summed E-state index contributed by atoms with van der Waals surface area (Å²) in [4.78, 5) is 35.2. The number of ether oxygens (including phenoxy) is 1. The Kier molecular flexibility index (Phi) is 4.70. The molecule has 2 saturated heterocycles. The van der Waals surface area contributed by atoms with Gasteiger partial charge in [0.25, 0.3) is 5.91 Å². The summed E-state index contributed by atoms with van der Waals surface area (Å²) in [5.41, 5.74) is 0.0828. The summed E-state index contributed by atoms with van der Waals surface area (Å²) in [6, 6.07) is 4.12. The molecule has 7 nitrogen and oxygen atoms in total. The summed E-state index contributed by atoms with van der Waals surface area (Å²) in [6.45, 7) is 1.59. The second-order valence-corrected chi connectivity index (χ2v) is 8.16. The third kappa shape index (κ3) is 3.35. The molecule has 3 heterocycles. The van der Waals surface area contributed by atoms with Crippen molar-refractivity contribution in [3.8, 4) is 0 Å². The minimum atomic E-state index is -0.556. The van der Waals surface area contributed by atoms with Crippen LogP contribution in [0.4, 0.5) is 10.6 Å². The molecule has 146 valence electrons. The fraction of sp³-hybridized carbons (Fsp3) is 0.650. The minimum Gasteiger partial charge on any atom is -0.439 e. The van der Waals surface area contributed by atoms with E-state index in [-0.39, 0.29) is 12.0 Å². The predicted molar refractivity (Wildman–Crippen MR) is 102 cm³/mol. The van der Waals surface area contributed by atoms with Gasteiger partial charge >= 0.3 is 6.09 Å². The fourth-order valence-electron chi connectivity index (χ4n) is 4.68. The zero-order valence-electron chi connectivity index (χ0n) is 16.2. The molecular weight excluding hydrogens is 344 g/mol. The molecule has 0 bridgehead atoms. The van der Waals surface area contributed by atoms with E-state index in [9.17, 15) is 9.59 Å². The highest BCUT2D eigenvalue weighted by molar-refractivity contribution is 5.99. The lowest BCUT2D eigenvalue weighted by Crippen LogP contribution is -2.40. The van der Waals surface area contributed by atoms with Crippen molar-refractivity contribution in [1.82, 2.24) is 14.8 Å². The Morgan fingerprint density at radius 3 is 2.78 bits per heavy atom. The maximum atomic E-state index is 13.3. The first-order valence-electron chi connectivity index (χ1n) is 9.90. The second kappa shape index (κ2) is 7.02. The number of likely N-dealkylation sites (N-methyl/N-ethyl adjacent to an activating group) is 1. The van der Waals surface area contributed by atoms with Crippen molar-refractivity contribution < 1.29 is 14.3 Å². The molecule has 1 spiro atoms. The number of hydrogen-bond donors (Lipinski definition) is 0. The van der Waals surface area contributed by atoms with Crippen molar-refractivity contribution in [3.05, 3.63) is 23.9 Å². The molecule has 4 rings (SSSR count). The van der Waals surface area contributed by atoms with Gasteiger partial charge in [-0.2, -0.15) is 0 Å². The van der Waals surface area contributed by atoms with Gasteiger partial charge in [0, 0.05) is 39.3 Å². The average Bonchev–Trinajstić information content (AvgIpc) is 3.23. The zero-order valence-corrected chi connectivity index (χ0v) is 16.2. The van der Waals surface area contributed by atoms with E-state index in [0.717, 1.165) is 18.7 Å². The quantitative estimate of drug-likeness (QED) is 0.816. The molecule has 0 radical (unpaired) electrons. The van der Waals surface area contributed by atoms with Crippen LogP contribution in [0.15, 0.2) is 18.3 Å². The SMILES string of the molecule is CN1C[C@]2(CCN(C(=O)c3cccnc3N(C)C3CCCCC3)C2)OC1=O. The number of pyridine rings is 1. The van der Waals surface area contributed by atoms with Crippen molar-refractivity contribution in [2.45, 2.75) is 50.2 Å². The number of carbonyl (C=O) groups is 2. The largest absolute Gasteiger partial charge is 0.439 e. The first kappa shape index (κ1) is 18.1. The summed E-state index contributed by atoms with van der Waals surface area (Å²) in [5, 5.41) is 0. The smallest absolute Gasteiger partial charge is 0.410 e. The Bertz CT molecular complexity index is 734. The van der Waals surface area contributed by atoms with Crippen molar-refractivity contribution in [3.63, 3.8) is 0 Å². The van der Waals surface area contributed by atoms with E-state index in [0.29, 0.717) is 37.7 Å². The normalized spacial score (nSPS) is 25.9. The number of aromatic nitrogens is 1. The van der Waals surface area contributed by atoms with E-state index in [1.54, 1.807) is 18.1 Å². The molecular formula is C20H28N4O3. The van der Waals surface area contributed by atoms with E-state index in [2.05, 4.69) is 9.88 Å². The summed E-state index contributed by atoms with van der Waals surface area (Å²) in [7, 11) is 3.79. The van der Waals surface area contributed by atoms with E-state index in [4.69, 9.17) is 4.74 Å². The van der Waals surface area contributed by atoms with Gasteiger partial charge in [0.05, 0.1) is 18.7 Å². The highest BCUT2D eigenvalue weighted by atomic mass is 16.6. The molecule has 1 saturated carbocycles. The molecule has 3 fully saturated rings. The van der Waals surface area contributed by atoms with E-state index in [1.807, 2.05) is 24.1 Å². The third-order valence-electron chi connectivity index (χ3n) is 6.22. The summed E-state index contributed by atoms with van der Waals surface area (Å²) < 4.78 is 5.58. The lowest BCUT2D eigenvalue weighted by atomic mass is 9.94. The average molecular weight is 372 g/mol. The zero-order chi connectivity index (χ0) is 19.0. The van der Waals surface area contributed by atoms with Crippen LogP contribution in [-0.2, 0) is 4.74 Å². The molecule has 7 heteroatoms. The van der Waals surface area contributed by atoms with Gasteiger partial charge in [-0.3, -0.25) is 4.79 Å². The van der Waals surface area contributed by atoms with Gasteiger partial charge in [-0.25, -0.2) is 9.78 Å². The molecule has 27 heavy (non-hydrogen) atoms. The molecule has 0 aromatic carbocycles. The Balaban J connectivity index is 1.52. The van der Waals surface area contributed by atoms with Gasteiger partial charge in [0.2, 0.25) is 0 Å². The minimum absolute atomic E-state index is 0.0248. The highest BCUT2D eigenvalue weighted by Gasteiger charge is 2.49. The molecule has 2 amide bonds. The number of nitrogens with zero attached hydrogens (tertiary/aromatic N) is 4.